The molecule has 2 N–H and O–H groups in total. The molecule has 1 aromatic carbocycles. The third-order valence-electron chi connectivity index (χ3n) is 3.18. The Morgan fingerprint density at radius 2 is 2.16 bits per heavy atom. The van der Waals surface area contributed by atoms with Gasteiger partial charge in [-0.25, -0.2) is 0 Å². The zero-order valence-electron chi connectivity index (χ0n) is 13.2. The molecular formula is C16H15ClN4O2S2. The summed E-state index contributed by atoms with van der Waals surface area (Å²) < 4.78 is 5.96. The minimum absolute atomic E-state index is 0.140. The number of hydrogen-bond donors (Lipinski definition) is 2. The van der Waals surface area contributed by atoms with Crippen molar-refractivity contribution in [2.75, 3.05) is 10.6 Å². The Morgan fingerprint density at radius 1 is 1.32 bits per heavy atom. The lowest BCUT2D eigenvalue weighted by Crippen LogP contribution is -2.22. The highest BCUT2D eigenvalue weighted by atomic mass is 35.5. The standard InChI is InChI=1S/C16H15ClN4O2S2/c1-10(14(22)19-13-7-3-2-6-12(13)17)24-16-21-20-15(25-16)18-9-11-5-4-8-23-11/h2-8,10H,9H2,1H3,(H,18,20)(H,19,22)/t10-/m0/s1. The van der Waals surface area contributed by atoms with Crippen molar-refractivity contribution in [1.82, 2.24) is 10.2 Å². The van der Waals surface area contributed by atoms with Crippen LogP contribution in [0, 0.1) is 0 Å². The molecule has 9 heteroatoms. The molecule has 0 aliphatic rings. The van der Waals surface area contributed by atoms with E-state index in [1.807, 2.05) is 31.2 Å². The van der Waals surface area contributed by atoms with E-state index in [1.165, 1.54) is 23.1 Å². The van der Waals surface area contributed by atoms with Crippen LogP contribution in [0.5, 0.6) is 0 Å². The van der Waals surface area contributed by atoms with Gasteiger partial charge in [0.15, 0.2) is 4.34 Å². The van der Waals surface area contributed by atoms with Crippen molar-refractivity contribution in [3.8, 4) is 0 Å². The Hall–Kier alpha value is -2.03. The molecule has 3 rings (SSSR count). The van der Waals surface area contributed by atoms with Crippen molar-refractivity contribution in [1.29, 1.82) is 0 Å². The average molecular weight is 395 g/mol. The summed E-state index contributed by atoms with van der Waals surface area (Å²) >= 11 is 8.79. The maximum absolute atomic E-state index is 12.3. The topological polar surface area (TPSA) is 80.1 Å². The quantitative estimate of drug-likeness (QED) is 0.573. The molecule has 0 unspecified atom stereocenters. The maximum atomic E-state index is 12.3. The van der Waals surface area contributed by atoms with Gasteiger partial charge in [-0.15, -0.1) is 10.2 Å². The van der Waals surface area contributed by atoms with Crippen molar-refractivity contribution >= 4 is 51.4 Å². The van der Waals surface area contributed by atoms with Crippen LogP contribution in [0.4, 0.5) is 10.8 Å². The van der Waals surface area contributed by atoms with Gasteiger partial charge < -0.3 is 15.1 Å². The van der Waals surface area contributed by atoms with Crippen molar-refractivity contribution in [2.24, 2.45) is 0 Å². The predicted octanol–water partition coefficient (Wildman–Crippen LogP) is 4.52. The molecule has 0 bridgehead atoms. The van der Waals surface area contributed by atoms with Crippen LogP contribution in [0.2, 0.25) is 5.02 Å². The van der Waals surface area contributed by atoms with Gasteiger partial charge in [0.05, 0.1) is 28.8 Å². The molecule has 2 aromatic heterocycles. The van der Waals surface area contributed by atoms with Crippen LogP contribution in [-0.4, -0.2) is 21.4 Å². The van der Waals surface area contributed by atoms with Crippen molar-refractivity contribution < 1.29 is 9.21 Å². The fraction of sp³-hybridized carbons (Fsp3) is 0.188. The van der Waals surface area contributed by atoms with Gasteiger partial charge in [-0.3, -0.25) is 4.79 Å². The Kier molecular flexibility index (Phi) is 5.95. The van der Waals surface area contributed by atoms with Gasteiger partial charge in [-0.2, -0.15) is 0 Å². The largest absolute Gasteiger partial charge is 0.467 e. The molecule has 0 fully saturated rings. The van der Waals surface area contributed by atoms with Crippen LogP contribution >= 0.6 is 34.7 Å². The number of benzene rings is 1. The molecule has 2 heterocycles. The summed E-state index contributed by atoms with van der Waals surface area (Å²) in [5.41, 5.74) is 0.597. The van der Waals surface area contributed by atoms with Crippen LogP contribution in [-0.2, 0) is 11.3 Å². The van der Waals surface area contributed by atoms with E-state index in [1.54, 1.807) is 18.4 Å². The lowest BCUT2D eigenvalue weighted by Gasteiger charge is -2.11. The maximum Gasteiger partial charge on any atom is 0.237 e. The zero-order valence-corrected chi connectivity index (χ0v) is 15.6. The van der Waals surface area contributed by atoms with E-state index >= 15 is 0 Å². The number of hydrogen-bond acceptors (Lipinski definition) is 7. The highest BCUT2D eigenvalue weighted by molar-refractivity contribution is 8.02. The smallest absolute Gasteiger partial charge is 0.237 e. The van der Waals surface area contributed by atoms with Gasteiger partial charge in [0.25, 0.3) is 0 Å². The number of aromatic nitrogens is 2. The first-order valence-electron chi connectivity index (χ1n) is 7.43. The molecule has 0 radical (unpaired) electrons. The molecule has 1 atom stereocenters. The van der Waals surface area contributed by atoms with E-state index in [-0.39, 0.29) is 11.2 Å². The second kappa shape index (κ2) is 8.37. The molecule has 130 valence electrons. The normalized spacial score (nSPS) is 11.9. The van der Waals surface area contributed by atoms with Gasteiger partial charge in [0.1, 0.15) is 5.76 Å². The summed E-state index contributed by atoms with van der Waals surface area (Å²) in [6.07, 6.45) is 1.62. The first-order chi connectivity index (χ1) is 12.1. The summed E-state index contributed by atoms with van der Waals surface area (Å²) in [6, 6.07) is 10.8. The number of furan rings is 1. The Bertz CT molecular complexity index is 838. The SMILES string of the molecule is C[C@H](Sc1nnc(NCc2ccco2)s1)C(=O)Nc1ccccc1Cl. The molecule has 6 nitrogen and oxygen atoms in total. The molecule has 0 saturated carbocycles. The van der Waals surface area contributed by atoms with E-state index in [9.17, 15) is 4.79 Å². The van der Waals surface area contributed by atoms with E-state index in [4.69, 9.17) is 16.0 Å². The number of thioether (sulfide) groups is 1. The lowest BCUT2D eigenvalue weighted by atomic mass is 10.3. The van der Waals surface area contributed by atoms with Crippen LogP contribution < -0.4 is 10.6 Å². The van der Waals surface area contributed by atoms with E-state index in [2.05, 4.69) is 20.8 Å². The van der Waals surface area contributed by atoms with Crippen LogP contribution in [0.25, 0.3) is 0 Å². The number of rotatable bonds is 7. The third kappa shape index (κ3) is 4.97. The van der Waals surface area contributed by atoms with Gasteiger partial charge >= 0.3 is 0 Å². The van der Waals surface area contributed by atoms with E-state index in [0.717, 1.165) is 5.76 Å². The highest BCUT2D eigenvalue weighted by Crippen LogP contribution is 2.30. The first kappa shape index (κ1) is 17.8. The zero-order chi connectivity index (χ0) is 17.6. The summed E-state index contributed by atoms with van der Waals surface area (Å²) in [7, 11) is 0. The molecular weight excluding hydrogens is 380 g/mol. The molecule has 0 aliphatic heterocycles. The predicted molar refractivity (Wildman–Crippen MR) is 101 cm³/mol. The molecule has 0 aliphatic carbocycles. The number of halogens is 1. The molecule has 3 aromatic rings. The summed E-state index contributed by atoms with van der Waals surface area (Å²) in [4.78, 5) is 12.3. The molecule has 1 amide bonds. The number of para-hydroxylation sites is 1. The van der Waals surface area contributed by atoms with Crippen molar-refractivity contribution in [3.05, 3.63) is 53.4 Å². The Labute approximate surface area is 158 Å². The van der Waals surface area contributed by atoms with Crippen LogP contribution in [0.3, 0.4) is 0 Å². The fourth-order valence-corrected chi connectivity index (χ4v) is 3.98. The average Bonchev–Trinajstić information content (AvgIpc) is 3.26. The van der Waals surface area contributed by atoms with Crippen LogP contribution in [0.15, 0.2) is 51.4 Å². The second-order valence-corrected chi connectivity index (χ2v) is 8.01. The lowest BCUT2D eigenvalue weighted by molar-refractivity contribution is -0.115. The fourth-order valence-electron chi connectivity index (χ4n) is 1.91. The van der Waals surface area contributed by atoms with Gasteiger partial charge in [-0.05, 0) is 31.2 Å². The highest BCUT2D eigenvalue weighted by Gasteiger charge is 2.18. The summed E-state index contributed by atoms with van der Waals surface area (Å²) in [5, 5.41) is 15.0. The molecule has 25 heavy (non-hydrogen) atoms. The number of carbonyl (C=O) groups excluding carboxylic acids is 1. The van der Waals surface area contributed by atoms with Gasteiger partial charge in [0.2, 0.25) is 11.0 Å². The van der Waals surface area contributed by atoms with Gasteiger partial charge in [-0.1, -0.05) is 46.8 Å². The number of carbonyl (C=O) groups is 1. The second-order valence-electron chi connectivity index (χ2n) is 5.04. The molecule has 0 saturated heterocycles. The minimum atomic E-state index is -0.331. The molecule has 0 spiro atoms. The number of nitrogens with one attached hydrogen (secondary N) is 2. The van der Waals surface area contributed by atoms with E-state index in [0.29, 0.717) is 26.7 Å². The van der Waals surface area contributed by atoms with Crippen LogP contribution in [0.1, 0.15) is 12.7 Å². The number of anilines is 2. The third-order valence-corrected chi connectivity index (χ3v) is 5.57. The number of nitrogens with zero attached hydrogens (tertiary/aromatic N) is 2. The first-order valence-corrected chi connectivity index (χ1v) is 9.51. The van der Waals surface area contributed by atoms with Crippen molar-refractivity contribution in [3.63, 3.8) is 0 Å². The number of amides is 1. The van der Waals surface area contributed by atoms with Crippen molar-refractivity contribution in [2.45, 2.75) is 23.1 Å². The summed E-state index contributed by atoms with van der Waals surface area (Å²) in [5.74, 6) is 0.676. The van der Waals surface area contributed by atoms with E-state index < -0.39 is 0 Å². The minimum Gasteiger partial charge on any atom is -0.467 e. The Balaban J connectivity index is 1.53. The Morgan fingerprint density at radius 3 is 2.92 bits per heavy atom. The summed E-state index contributed by atoms with van der Waals surface area (Å²) in [6.45, 7) is 2.35. The monoisotopic (exact) mass is 394 g/mol. The van der Waals surface area contributed by atoms with Gasteiger partial charge in [0, 0.05) is 0 Å².